The van der Waals surface area contributed by atoms with Gasteiger partial charge in [-0.3, -0.25) is 4.99 Å². The highest BCUT2D eigenvalue weighted by Gasteiger charge is 2.21. The Hall–Kier alpha value is -1.23. The predicted molar refractivity (Wildman–Crippen MR) is 84.7 cm³/mol. The fraction of sp³-hybridized carbons (Fsp3) is 0.533. The van der Waals surface area contributed by atoms with E-state index in [0.717, 1.165) is 30.4 Å². The molecule has 1 fully saturated rings. The molecule has 1 unspecified atom stereocenters. The molecule has 1 aliphatic heterocycles. The van der Waals surface area contributed by atoms with Crippen LogP contribution in [0.25, 0.3) is 0 Å². The first-order valence-electron chi connectivity index (χ1n) is 7.04. The maximum atomic E-state index is 12.9. The van der Waals surface area contributed by atoms with Gasteiger partial charge in [0.1, 0.15) is 5.82 Å². The molecule has 1 aliphatic rings. The van der Waals surface area contributed by atoms with Crippen LogP contribution >= 0.6 is 11.8 Å². The molecule has 1 aromatic carbocycles. The van der Waals surface area contributed by atoms with Crippen LogP contribution < -0.4 is 5.32 Å². The quantitative estimate of drug-likeness (QED) is 0.686. The number of hydrogen-bond acceptors (Lipinski definition) is 2. The molecule has 1 aromatic rings. The van der Waals surface area contributed by atoms with Gasteiger partial charge in [-0.2, -0.15) is 11.8 Å². The Morgan fingerprint density at radius 3 is 2.85 bits per heavy atom. The van der Waals surface area contributed by atoms with Crippen LogP contribution in [0, 0.1) is 5.82 Å². The average Bonchev–Trinajstić information content (AvgIpc) is 2.50. The molecule has 3 nitrogen and oxygen atoms in total. The molecule has 0 saturated carbocycles. The van der Waals surface area contributed by atoms with Crippen LogP contribution in [0.5, 0.6) is 0 Å². The Bertz CT molecular complexity index is 447. The van der Waals surface area contributed by atoms with Crippen LogP contribution in [0.3, 0.4) is 0 Å². The smallest absolute Gasteiger partial charge is 0.193 e. The summed E-state index contributed by atoms with van der Waals surface area (Å²) in [6.45, 7) is 4.98. The minimum atomic E-state index is -0.197. The number of guanidine groups is 1. The highest BCUT2D eigenvalue weighted by atomic mass is 32.2. The van der Waals surface area contributed by atoms with E-state index in [1.165, 1.54) is 18.6 Å². The minimum absolute atomic E-state index is 0.197. The summed E-state index contributed by atoms with van der Waals surface area (Å²) < 4.78 is 12.9. The van der Waals surface area contributed by atoms with E-state index in [1.807, 2.05) is 18.8 Å². The molecule has 5 heteroatoms. The van der Waals surface area contributed by atoms with Gasteiger partial charge in [0.05, 0.1) is 0 Å². The zero-order valence-electron chi connectivity index (χ0n) is 12.1. The van der Waals surface area contributed by atoms with Crippen molar-refractivity contribution >= 4 is 17.7 Å². The van der Waals surface area contributed by atoms with Crippen molar-refractivity contribution in [2.24, 2.45) is 4.99 Å². The summed E-state index contributed by atoms with van der Waals surface area (Å²) in [5, 5.41) is 4.05. The lowest BCUT2D eigenvalue weighted by atomic mass is 10.2. The van der Waals surface area contributed by atoms with Gasteiger partial charge in [-0.15, -0.1) is 0 Å². The molecule has 20 heavy (non-hydrogen) atoms. The average molecular weight is 295 g/mol. The SMILES string of the molecule is CCC1CN(C(=NC)NCc2ccc(F)cc2)CCS1. The zero-order chi connectivity index (χ0) is 14.4. The van der Waals surface area contributed by atoms with Crippen LogP contribution in [0.15, 0.2) is 29.3 Å². The monoisotopic (exact) mass is 295 g/mol. The maximum absolute atomic E-state index is 12.9. The standard InChI is InChI=1S/C15H22FN3S/c1-3-14-11-19(8-9-20-14)15(17-2)18-10-12-4-6-13(16)7-5-12/h4-7,14H,3,8-11H2,1-2H3,(H,17,18). The summed E-state index contributed by atoms with van der Waals surface area (Å²) in [4.78, 5) is 6.67. The van der Waals surface area contributed by atoms with E-state index in [-0.39, 0.29) is 5.82 Å². The molecule has 0 amide bonds. The molecule has 1 N–H and O–H groups in total. The first-order valence-corrected chi connectivity index (χ1v) is 8.09. The lowest BCUT2D eigenvalue weighted by Crippen LogP contribution is -2.47. The van der Waals surface area contributed by atoms with E-state index in [1.54, 1.807) is 12.1 Å². The molecule has 1 saturated heterocycles. The van der Waals surface area contributed by atoms with Gasteiger partial charge in [0.25, 0.3) is 0 Å². The van der Waals surface area contributed by atoms with Gasteiger partial charge in [-0.25, -0.2) is 4.39 Å². The fourth-order valence-electron chi connectivity index (χ4n) is 2.27. The van der Waals surface area contributed by atoms with Gasteiger partial charge >= 0.3 is 0 Å². The Morgan fingerprint density at radius 2 is 2.20 bits per heavy atom. The topological polar surface area (TPSA) is 27.6 Å². The van der Waals surface area contributed by atoms with E-state index in [0.29, 0.717) is 11.8 Å². The van der Waals surface area contributed by atoms with Crippen LogP contribution in [0.1, 0.15) is 18.9 Å². The lowest BCUT2D eigenvalue weighted by molar-refractivity contribution is 0.408. The molecule has 0 bridgehead atoms. The van der Waals surface area contributed by atoms with E-state index >= 15 is 0 Å². The lowest BCUT2D eigenvalue weighted by Gasteiger charge is -2.34. The van der Waals surface area contributed by atoms with Gasteiger partial charge < -0.3 is 10.2 Å². The second-order valence-corrected chi connectivity index (χ2v) is 6.28. The molecule has 0 aromatic heterocycles. The molecule has 0 aliphatic carbocycles. The summed E-state index contributed by atoms with van der Waals surface area (Å²) in [6, 6.07) is 6.59. The normalized spacial score (nSPS) is 20.1. The summed E-state index contributed by atoms with van der Waals surface area (Å²) in [5.41, 5.74) is 1.06. The van der Waals surface area contributed by atoms with E-state index in [2.05, 4.69) is 22.1 Å². The molecule has 1 heterocycles. The third kappa shape index (κ3) is 4.13. The van der Waals surface area contributed by atoms with Gasteiger partial charge in [0, 0.05) is 37.7 Å². The van der Waals surface area contributed by atoms with Crippen molar-refractivity contribution in [1.82, 2.24) is 10.2 Å². The van der Waals surface area contributed by atoms with Gasteiger partial charge in [-0.1, -0.05) is 19.1 Å². The second-order valence-electron chi connectivity index (χ2n) is 4.87. The number of thioether (sulfide) groups is 1. The fourth-order valence-corrected chi connectivity index (χ4v) is 3.45. The van der Waals surface area contributed by atoms with Crippen molar-refractivity contribution in [3.8, 4) is 0 Å². The van der Waals surface area contributed by atoms with E-state index in [4.69, 9.17) is 0 Å². The van der Waals surface area contributed by atoms with Gasteiger partial charge in [-0.05, 0) is 24.1 Å². The Labute approximate surface area is 124 Å². The predicted octanol–water partition coefficient (Wildman–Crippen LogP) is 2.73. The summed E-state index contributed by atoms with van der Waals surface area (Å²) in [5.74, 6) is 1.89. The number of nitrogens with zero attached hydrogens (tertiary/aromatic N) is 2. The highest BCUT2D eigenvalue weighted by molar-refractivity contribution is 8.00. The van der Waals surface area contributed by atoms with Crippen molar-refractivity contribution in [2.45, 2.75) is 25.1 Å². The van der Waals surface area contributed by atoms with Crippen LogP contribution in [-0.4, -0.2) is 42.0 Å². The number of benzene rings is 1. The molecule has 110 valence electrons. The van der Waals surface area contributed by atoms with E-state index in [9.17, 15) is 4.39 Å². The van der Waals surface area contributed by atoms with Crippen molar-refractivity contribution in [3.63, 3.8) is 0 Å². The first-order chi connectivity index (χ1) is 9.72. The van der Waals surface area contributed by atoms with Gasteiger partial charge in [0.15, 0.2) is 5.96 Å². The molecular formula is C15H22FN3S. The number of halogens is 1. The summed E-state index contributed by atoms with van der Waals surface area (Å²) >= 11 is 2.04. The van der Waals surface area contributed by atoms with Crippen molar-refractivity contribution in [3.05, 3.63) is 35.6 Å². The number of nitrogens with one attached hydrogen (secondary N) is 1. The largest absolute Gasteiger partial charge is 0.352 e. The highest BCUT2D eigenvalue weighted by Crippen LogP contribution is 2.21. The zero-order valence-corrected chi connectivity index (χ0v) is 12.9. The molecule has 0 spiro atoms. The third-order valence-corrected chi connectivity index (χ3v) is 4.84. The van der Waals surface area contributed by atoms with Crippen molar-refractivity contribution in [1.29, 1.82) is 0 Å². The Morgan fingerprint density at radius 1 is 1.45 bits per heavy atom. The van der Waals surface area contributed by atoms with Crippen LogP contribution in [-0.2, 0) is 6.54 Å². The van der Waals surface area contributed by atoms with Crippen molar-refractivity contribution < 1.29 is 4.39 Å². The van der Waals surface area contributed by atoms with Crippen LogP contribution in [0.2, 0.25) is 0 Å². The minimum Gasteiger partial charge on any atom is -0.352 e. The van der Waals surface area contributed by atoms with Crippen LogP contribution in [0.4, 0.5) is 4.39 Å². The molecule has 2 rings (SSSR count). The number of aliphatic imine (C=N–C) groups is 1. The maximum Gasteiger partial charge on any atom is 0.193 e. The Balaban J connectivity index is 1.90. The molecule has 1 atom stereocenters. The summed E-state index contributed by atoms with van der Waals surface area (Å²) in [6.07, 6.45) is 1.19. The Kier molecular flexibility index (Phi) is 5.71. The first kappa shape index (κ1) is 15.2. The third-order valence-electron chi connectivity index (χ3n) is 3.47. The number of hydrogen-bond donors (Lipinski definition) is 1. The van der Waals surface area contributed by atoms with E-state index < -0.39 is 0 Å². The molecule has 0 radical (unpaired) electrons. The second kappa shape index (κ2) is 7.53. The van der Waals surface area contributed by atoms with Crippen molar-refractivity contribution in [2.75, 3.05) is 25.9 Å². The number of rotatable bonds is 3. The molecular weight excluding hydrogens is 273 g/mol. The summed E-state index contributed by atoms with van der Waals surface area (Å²) in [7, 11) is 1.82. The van der Waals surface area contributed by atoms with Gasteiger partial charge in [0.2, 0.25) is 0 Å².